The molecular weight excluding hydrogens is 270 g/mol. The van der Waals surface area contributed by atoms with Crippen molar-refractivity contribution < 1.29 is 14.2 Å². The highest BCUT2D eigenvalue weighted by Gasteiger charge is 2.16. The third-order valence-electron chi connectivity index (χ3n) is 3.08. The second kappa shape index (κ2) is 6.30. The van der Waals surface area contributed by atoms with Crippen molar-refractivity contribution in [1.29, 1.82) is 0 Å². The van der Waals surface area contributed by atoms with Crippen LogP contribution in [0.3, 0.4) is 0 Å². The molecule has 0 saturated heterocycles. The summed E-state index contributed by atoms with van der Waals surface area (Å²) in [5.74, 6) is 3.02. The fourth-order valence-electron chi connectivity index (χ4n) is 1.83. The molecule has 1 aromatic carbocycles. The number of nitrogens with zero attached hydrogens (tertiary/aromatic N) is 2. The number of rotatable bonds is 5. The van der Waals surface area contributed by atoms with E-state index in [1.807, 2.05) is 19.9 Å². The molecule has 0 aliphatic rings. The lowest BCUT2D eigenvalue weighted by atomic mass is 10.3. The minimum absolute atomic E-state index is 0.405. The highest BCUT2D eigenvalue weighted by molar-refractivity contribution is 5.54. The van der Waals surface area contributed by atoms with Gasteiger partial charge in [-0.3, -0.25) is 0 Å². The van der Waals surface area contributed by atoms with Gasteiger partial charge in [-0.05, 0) is 19.1 Å². The second-order valence-corrected chi connectivity index (χ2v) is 4.40. The molecule has 112 valence electrons. The predicted octanol–water partition coefficient (Wildman–Crippen LogP) is 2.74. The van der Waals surface area contributed by atoms with Gasteiger partial charge in [0.15, 0.2) is 11.5 Å². The summed E-state index contributed by atoms with van der Waals surface area (Å²) in [7, 11) is 3.14. The van der Waals surface area contributed by atoms with Crippen molar-refractivity contribution in [1.82, 2.24) is 9.97 Å². The summed E-state index contributed by atoms with van der Waals surface area (Å²) in [6.07, 6.45) is 0.671. The fourth-order valence-corrected chi connectivity index (χ4v) is 1.83. The molecule has 0 aliphatic heterocycles. The van der Waals surface area contributed by atoms with E-state index in [0.29, 0.717) is 46.8 Å². The molecule has 0 atom stereocenters. The summed E-state index contributed by atoms with van der Waals surface area (Å²) in [6, 6.07) is 5.40. The van der Waals surface area contributed by atoms with Crippen LogP contribution in [0.4, 0.5) is 5.82 Å². The number of ether oxygens (including phenoxy) is 3. The van der Waals surface area contributed by atoms with Crippen LogP contribution in [0.25, 0.3) is 0 Å². The topological polar surface area (TPSA) is 79.5 Å². The average molecular weight is 289 g/mol. The molecule has 0 spiro atoms. The molecular formula is C15H19N3O3. The minimum atomic E-state index is 0.405. The Kier molecular flexibility index (Phi) is 4.47. The number of aryl methyl sites for hydroxylation is 1. The predicted molar refractivity (Wildman–Crippen MR) is 80.2 cm³/mol. The largest absolute Gasteiger partial charge is 0.493 e. The second-order valence-electron chi connectivity index (χ2n) is 4.40. The van der Waals surface area contributed by atoms with Crippen molar-refractivity contribution in [2.24, 2.45) is 0 Å². The molecule has 0 fully saturated rings. The molecule has 2 N–H and O–H groups in total. The highest BCUT2D eigenvalue weighted by Crippen LogP contribution is 2.40. The molecule has 0 radical (unpaired) electrons. The number of para-hydroxylation sites is 1. The quantitative estimate of drug-likeness (QED) is 0.911. The van der Waals surface area contributed by atoms with Crippen LogP contribution in [-0.4, -0.2) is 24.2 Å². The van der Waals surface area contributed by atoms with E-state index in [9.17, 15) is 0 Å². The Morgan fingerprint density at radius 3 is 2.24 bits per heavy atom. The van der Waals surface area contributed by atoms with Crippen molar-refractivity contribution in [2.75, 3.05) is 20.0 Å². The van der Waals surface area contributed by atoms with Crippen LogP contribution in [0, 0.1) is 6.92 Å². The van der Waals surface area contributed by atoms with E-state index in [1.165, 1.54) is 0 Å². The number of aromatic nitrogens is 2. The molecule has 0 saturated carbocycles. The Morgan fingerprint density at radius 2 is 1.71 bits per heavy atom. The van der Waals surface area contributed by atoms with Crippen molar-refractivity contribution in [3.63, 3.8) is 0 Å². The Morgan fingerprint density at radius 1 is 1.10 bits per heavy atom. The van der Waals surface area contributed by atoms with Crippen LogP contribution in [0.5, 0.6) is 23.1 Å². The third kappa shape index (κ3) is 2.99. The van der Waals surface area contributed by atoms with Gasteiger partial charge in [0.05, 0.1) is 19.8 Å². The van der Waals surface area contributed by atoms with E-state index in [4.69, 9.17) is 19.9 Å². The first-order valence-electron chi connectivity index (χ1n) is 6.62. The number of methoxy groups -OCH3 is 2. The summed E-state index contributed by atoms with van der Waals surface area (Å²) in [6.45, 7) is 3.77. The van der Waals surface area contributed by atoms with E-state index >= 15 is 0 Å². The first kappa shape index (κ1) is 14.9. The lowest BCUT2D eigenvalue weighted by Crippen LogP contribution is -2.05. The van der Waals surface area contributed by atoms with Crippen LogP contribution in [0.2, 0.25) is 0 Å². The Hall–Kier alpha value is -2.50. The van der Waals surface area contributed by atoms with Crippen LogP contribution in [0.1, 0.15) is 18.3 Å². The zero-order chi connectivity index (χ0) is 15.4. The van der Waals surface area contributed by atoms with Crippen molar-refractivity contribution in [3.8, 4) is 23.1 Å². The molecule has 2 rings (SSSR count). The number of hydrogen-bond donors (Lipinski definition) is 1. The summed E-state index contributed by atoms with van der Waals surface area (Å²) in [5, 5.41) is 0. The lowest BCUT2D eigenvalue weighted by Gasteiger charge is -2.15. The highest BCUT2D eigenvalue weighted by atomic mass is 16.5. The number of hydrogen-bond acceptors (Lipinski definition) is 6. The van der Waals surface area contributed by atoms with Gasteiger partial charge in [0.25, 0.3) is 0 Å². The Balaban J connectivity index is 2.49. The average Bonchev–Trinajstić information content (AvgIpc) is 2.51. The Labute approximate surface area is 123 Å². The fraction of sp³-hybridized carbons (Fsp3) is 0.333. The first-order valence-corrected chi connectivity index (χ1v) is 6.62. The molecule has 0 aliphatic carbocycles. The first-order chi connectivity index (χ1) is 10.1. The van der Waals surface area contributed by atoms with Crippen LogP contribution < -0.4 is 19.9 Å². The molecule has 1 heterocycles. The zero-order valence-corrected chi connectivity index (χ0v) is 12.6. The van der Waals surface area contributed by atoms with Gasteiger partial charge in [-0.2, -0.15) is 4.98 Å². The number of anilines is 1. The molecule has 21 heavy (non-hydrogen) atoms. The van der Waals surface area contributed by atoms with Gasteiger partial charge < -0.3 is 19.9 Å². The van der Waals surface area contributed by atoms with Crippen LogP contribution in [0.15, 0.2) is 18.2 Å². The number of benzene rings is 1. The maximum absolute atomic E-state index is 5.90. The van der Waals surface area contributed by atoms with Gasteiger partial charge in [0, 0.05) is 6.42 Å². The van der Waals surface area contributed by atoms with E-state index in [2.05, 4.69) is 9.97 Å². The van der Waals surface area contributed by atoms with Crippen LogP contribution in [-0.2, 0) is 6.42 Å². The SMILES string of the molecule is CCc1nc(N)c(C)c(Oc2c(OC)cccc2OC)n1. The molecule has 2 aromatic rings. The Bertz CT molecular complexity index is 622. The minimum Gasteiger partial charge on any atom is -0.493 e. The van der Waals surface area contributed by atoms with E-state index in [0.717, 1.165) is 0 Å². The van der Waals surface area contributed by atoms with Gasteiger partial charge in [-0.15, -0.1) is 0 Å². The summed E-state index contributed by atoms with van der Waals surface area (Å²) < 4.78 is 16.5. The van der Waals surface area contributed by atoms with Gasteiger partial charge in [0.1, 0.15) is 11.6 Å². The molecule has 6 heteroatoms. The molecule has 1 aromatic heterocycles. The normalized spacial score (nSPS) is 10.3. The van der Waals surface area contributed by atoms with Gasteiger partial charge in [-0.1, -0.05) is 13.0 Å². The van der Waals surface area contributed by atoms with Gasteiger partial charge >= 0.3 is 0 Å². The maximum Gasteiger partial charge on any atom is 0.228 e. The van der Waals surface area contributed by atoms with E-state index < -0.39 is 0 Å². The summed E-state index contributed by atoms with van der Waals surface area (Å²) >= 11 is 0. The molecule has 0 unspecified atom stereocenters. The number of nitrogen functional groups attached to an aromatic ring is 1. The monoisotopic (exact) mass is 289 g/mol. The van der Waals surface area contributed by atoms with Gasteiger partial charge in [0.2, 0.25) is 11.6 Å². The number of nitrogens with two attached hydrogens (primary N) is 1. The summed E-state index contributed by atoms with van der Waals surface area (Å²) in [4.78, 5) is 8.58. The lowest BCUT2D eigenvalue weighted by molar-refractivity contribution is 0.340. The third-order valence-corrected chi connectivity index (χ3v) is 3.08. The van der Waals surface area contributed by atoms with Gasteiger partial charge in [-0.25, -0.2) is 4.98 Å². The zero-order valence-electron chi connectivity index (χ0n) is 12.6. The molecule has 0 bridgehead atoms. The van der Waals surface area contributed by atoms with Crippen molar-refractivity contribution in [2.45, 2.75) is 20.3 Å². The van der Waals surface area contributed by atoms with Crippen molar-refractivity contribution in [3.05, 3.63) is 29.6 Å². The molecule has 6 nitrogen and oxygen atoms in total. The van der Waals surface area contributed by atoms with Crippen LogP contribution >= 0.6 is 0 Å². The summed E-state index contributed by atoms with van der Waals surface area (Å²) in [5.41, 5.74) is 6.58. The van der Waals surface area contributed by atoms with E-state index in [-0.39, 0.29) is 0 Å². The van der Waals surface area contributed by atoms with Crippen molar-refractivity contribution >= 4 is 5.82 Å². The van der Waals surface area contributed by atoms with E-state index in [1.54, 1.807) is 26.4 Å². The smallest absolute Gasteiger partial charge is 0.228 e. The maximum atomic E-state index is 5.90. The molecule has 0 amide bonds. The standard InChI is InChI=1S/C15H19N3O3/c1-5-12-17-14(16)9(2)15(18-12)21-13-10(19-3)7-6-8-11(13)20-4/h6-8H,5H2,1-4H3,(H2,16,17,18).